The van der Waals surface area contributed by atoms with Crippen LogP contribution in [0.4, 0.5) is 5.69 Å². The number of hydrogen-bond donors (Lipinski definition) is 2. The van der Waals surface area contributed by atoms with Crippen molar-refractivity contribution in [3.8, 4) is 5.75 Å². The molecule has 2 N–H and O–H groups in total. The maximum Gasteiger partial charge on any atom is 0.344 e. The van der Waals surface area contributed by atoms with Crippen molar-refractivity contribution in [2.24, 2.45) is 0 Å². The van der Waals surface area contributed by atoms with E-state index in [2.05, 4.69) is 24.5 Å². The second kappa shape index (κ2) is 10.3. The highest BCUT2D eigenvalue weighted by Gasteiger charge is 2.11. The van der Waals surface area contributed by atoms with E-state index in [-0.39, 0.29) is 12.5 Å². The summed E-state index contributed by atoms with van der Waals surface area (Å²) in [6.07, 6.45) is 0. The highest BCUT2D eigenvalue weighted by atomic mass is 16.6. The molecule has 0 aliphatic heterocycles. The number of aryl methyl sites for hydroxylation is 1. The van der Waals surface area contributed by atoms with Crippen molar-refractivity contribution in [1.29, 1.82) is 0 Å². The molecule has 29 heavy (non-hydrogen) atoms. The van der Waals surface area contributed by atoms with Crippen LogP contribution in [0.25, 0.3) is 0 Å². The van der Waals surface area contributed by atoms with Gasteiger partial charge in [-0.15, -0.1) is 0 Å². The average Bonchev–Trinajstić information content (AvgIpc) is 2.70. The molecule has 2 aromatic rings. The number of rotatable bonds is 8. The number of amides is 2. The highest BCUT2D eigenvalue weighted by molar-refractivity contribution is 5.97. The van der Waals surface area contributed by atoms with Crippen molar-refractivity contribution >= 4 is 23.5 Å². The second-order valence-electron chi connectivity index (χ2n) is 6.83. The zero-order valence-corrected chi connectivity index (χ0v) is 17.1. The van der Waals surface area contributed by atoms with Gasteiger partial charge in [-0.3, -0.25) is 9.59 Å². The van der Waals surface area contributed by atoms with Gasteiger partial charge < -0.3 is 20.1 Å². The molecular weight excluding hydrogens is 372 g/mol. The van der Waals surface area contributed by atoms with Gasteiger partial charge in [0.1, 0.15) is 5.75 Å². The van der Waals surface area contributed by atoms with Crippen LogP contribution in [0.5, 0.6) is 5.75 Å². The summed E-state index contributed by atoms with van der Waals surface area (Å²) in [5.41, 5.74) is 3.15. The number of benzene rings is 2. The molecule has 0 aliphatic rings. The highest BCUT2D eigenvalue weighted by Crippen LogP contribution is 2.23. The first kappa shape index (κ1) is 21.9. The summed E-state index contributed by atoms with van der Waals surface area (Å²) in [7, 11) is 1.52. The molecule has 0 saturated heterocycles. The van der Waals surface area contributed by atoms with Crippen LogP contribution in [0.3, 0.4) is 0 Å². The van der Waals surface area contributed by atoms with E-state index in [1.165, 1.54) is 18.7 Å². The van der Waals surface area contributed by atoms with Crippen LogP contribution in [0.2, 0.25) is 0 Å². The van der Waals surface area contributed by atoms with Crippen molar-refractivity contribution in [2.75, 3.05) is 25.6 Å². The Balaban J connectivity index is 1.80. The van der Waals surface area contributed by atoms with Gasteiger partial charge in [0.25, 0.3) is 11.8 Å². The van der Waals surface area contributed by atoms with E-state index >= 15 is 0 Å². The van der Waals surface area contributed by atoms with Crippen molar-refractivity contribution in [1.82, 2.24) is 5.32 Å². The number of nitrogens with one attached hydrogen (secondary N) is 2. The first-order valence-corrected chi connectivity index (χ1v) is 9.31. The third kappa shape index (κ3) is 6.64. The van der Waals surface area contributed by atoms with Crippen LogP contribution >= 0.6 is 0 Å². The minimum absolute atomic E-state index is 0.263. The molecule has 0 spiro atoms. The van der Waals surface area contributed by atoms with E-state index in [0.717, 1.165) is 5.56 Å². The van der Waals surface area contributed by atoms with Crippen LogP contribution in [-0.4, -0.2) is 38.0 Å². The largest absolute Gasteiger partial charge is 0.482 e. The summed E-state index contributed by atoms with van der Waals surface area (Å²) < 4.78 is 10.4. The van der Waals surface area contributed by atoms with Crippen molar-refractivity contribution < 1.29 is 23.9 Å². The van der Waals surface area contributed by atoms with Crippen molar-refractivity contribution in [3.05, 3.63) is 59.2 Å². The van der Waals surface area contributed by atoms with Gasteiger partial charge in [0.05, 0.1) is 0 Å². The Kier molecular flexibility index (Phi) is 7.77. The summed E-state index contributed by atoms with van der Waals surface area (Å²) in [5.74, 6) is -0.445. The van der Waals surface area contributed by atoms with Gasteiger partial charge in [0.15, 0.2) is 13.2 Å². The minimum atomic E-state index is -0.648. The molecule has 2 amide bonds. The molecule has 0 radical (unpaired) electrons. The number of carbonyl (C=O) groups is 3. The normalized spacial score (nSPS) is 10.4. The molecular formula is C22H26N2O5. The maximum absolute atomic E-state index is 12.0. The summed E-state index contributed by atoms with van der Waals surface area (Å²) in [5, 5.41) is 5.08. The van der Waals surface area contributed by atoms with Gasteiger partial charge in [0, 0.05) is 18.3 Å². The number of anilines is 1. The summed E-state index contributed by atoms with van der Waals surface area (Å²) in [4.78, 5) is 35.4. The maximum atomic E-state index is 12.0. The number of carbonyl (C=O) groups excluding carboxylic acids is 3. The molecule has 0 atom stereocenters. The predicted octanol–water partition coefficient (Wildman–Crippen LogP) is 3.04. The average molecular weight is 398 g/mol. The van der Waals surface area contributed by atoms with Gasteiger partial charge in [-0.1, -0.05) is 26.0 Å². The summed E-state index contributed by atoms with van der Waals surface area (Å²) in [6, 6.07) is 12.1. The second-order valence-corrected chi connectivity index (χ2v) is 6.83. The Morgan fingerprint density at radius 1 is 1.03 bits per heavy atom. The standard InChI is InChI=1S/C22H26N2O5/c1-14(2)19-9-8-18(10-15(19)3)28-13-21(26)29-12-20(25)24-17-7-5-6-16(11-17)22(27)23-4/h5-11,14H,12-13H2,1-4H3,(H,23,27)(H,24,25). The Labute approximate surface area is 170 Å². The lowest BCUT2D eigenvalue weighted by molar-refractivity contribution is -0.149. The van der Waals surface area contributed by atoms with Crippen LogP contribution in [0.15, 0.2) is 42.5 Å². The topological polar surface area (TPSA) is 93.7 Å². The molecule has 0 saturated carbocycles. The zero-order chi connectivity index (χ0) is 21.4. The van der Waals surface area contributed by atoms with Crippen molar-refractivity contribution in [2.45, 2.75) is 26.7 Å². The fourth-order valence-electron chi connectivity index (χ4n) is 2.80. The molecule has 2 rings (SSSR count). The van der Waals surface area contributed by atoms with E-state index in [4.69, 9.17) is 9.47 Å². The monoisotopic (exact) mass is 398 g/mol. The number of hydrogen-bond acceptors (Lipinski definition) is 5. The Morgan fingerprint density at radius 2 is 1.79 bits per heavy atom. The van der Waals surface area contributed by atoms with Crippen LogP contribution in [0.1, 0.15) is 41.3 Å². The van der Waals surface area contributed by atoms with E-state index in [9.17, 15) is 14.4 Å². The number of esters is 1. The molecule has 154 valence electrons. The fourth-order valence-corrected chi connectivity index (χ4v) is 2.80. The lowest BCUT2D eigenvalue weighted by atomic mass is 9.98. The molecule has 7 nitrogen and oxygen atoms in total. The molecule has 0 heterocycles. The van der Waals surface area contributed by atoms with Crippen LogP contribution < -0.4 is 15.4 Å². The Morgan fingerprint density at radius 3 is 2.45 bits per heavy atom. The zero-order valence-electron chi connectivity index (χ0n) is 17.1. The Bertz CT molecular complexity index is 893. The van der Waals surface area contributed by atoms with Gasteiger partial charge in [-0.05, 0) is 54.3 Å². The van der Waals surface area contributed by atoms with E-state index in [1.807, 2.05) is 25.1 Å². The molecule has 2 aromatic carbocycles. The molecule has 0 aromatic heterocycles. The van der Waals surface area contributed by atoms with Crippen molar-refractivity contribution in [3.63, 3.8) is 0 Å². The van der Waals surface area contributed by atoms with Crippen LogP contribution in [0, 0.1) is 6.92 Å². The SMILES string of the molecule is CNC(=O)c1cccc(NC(=O)COC(=O)COc2ccc(C(C)C)c(C)c2)c1. The lowest BCUT2D eigenvalue weighted by Gasteiger charge is -2.12. The van der Waals surface area contributed by atoms with E-state index in [0.29, 0.717) is 22.9 Å². The van der Waals surface area contributed by atoms with Gasteiger partial charge in [-0.2, -0.15) is 0 Å². The lowest BCUT2D eigenvalue weighted by Crippen LogP contribution is -2.24. The molecule has 0 unspecified atom stereocenters. The van der Waals surface area contributed by atoms with Gasteiger partial charge in [0.2, 0.25) is 0 Å². The number of ether oxygens (including phenoxy) is 2. The van der Waals surface area contributed by atoms with Gasteiger partial charge >= 0.3 is 5.97 Å². The third-order valence-electron chi connectivity index (χ3n) is 4.22. The quantitative estimate of drug-likeness (QED) is 0.667. The minimum Gasteiger partial charge on any atom is -0.482 e. The smallest absolute Gasteiger partial charge is 0.344 e. The molecule has 0 bridgehead atoms. The fraction of sp³-hybridized carbons (Fsp3) is 0.318. The summed E-state index contributed by atoms with van der Waals surface area (Å²) >= 11 is 0. The molecule has 7 heteroatoms. The molecule has 0 fully saturated rings. The third-order valence-corrected chi connectivity index (χ3v) is 4.22. The van der Waals surface area contributed by atoms with E-state index in [1.54, 1.807) is 18.2 Å². The van der Waals surface area contributed by atoms with E-state index < -0.39 is 18.5 Å². The van der Waals surface area contributed by atoms with Crippen LogP contribution in [-0.2, 0) is 14.3 Å². The van der Waals surface area contributed by atoms with Gasteiger partial charge in [-0.25, -0.2) is 4.79 Å². The Hall–Kier alpha value is -3.35. The predicted molar refractivity (Wildman–Crippen MR) is 110 cm³/mol. The summed E-state index contributed by atoms with van der Waals surface area (Å²) in [6.45, 7) is 5.47. The first-order chi connectivity index (χ1) is 13.8. The molecule has 0 aliphatic carbocycles. The first-order valence-electron chi connectivity index (χ1n) is 9.31.